The maximum atomic E-state index is 12.3. The third-order valence-corrected chi connectivity index (χ3v) is 3.77. The molecule has 4 N–H and O–H groups in total. The first-order valence-electron chi connectivity index (χ1n) is 6.92. The molecule has 0 bridgehead atoms. The number of carboxylic acid groups (broad SMARTS) is 1. The Labute approximate surface area is 120 Å². The Kier molecular flexibility index (Phi) is 5.15. The van der Waals surface area contributed by atoms with E-state index >= 15 is 0 Å². The lowest BCUT2D eigenvalue weighted by atomic mass is 9.82. The first-order chi connectivity index (χ1) is 9.10. The van der Waals surface area contributed by atoms with Crippen LogP contribution in [0.4, 0.5) is 0 Å². The zero-order valence-electron chi connectivity index (χ0n) is 12.7. The van der Waals surface area contributed by atoms with Crippen molar-refractivity contribution in [2.75, 3.05) is 19.8 Å². The molecule has 0 aromatic heterocycles. The van der Waals surface area contributed by atoms with Gasteiger partial charge in [-0.2, -0.15) is 0 Å². The van der Waals surface area contributed by atoms with Crippen molar-refractivity contribution in [2.24, 2.45) is 22.5 Å². The van der Waals surface area contributed by atoms with Crippen LogP contribution in [0.3, 0.4) is 0 Å². The molecule has 1 fully saturated rings. The fourth-order valence-corrected chi connectivity index (χ4v) is 2.40. The second kappa shape index (κ2) is 6.10. The van der Waals surface area contributed by atoms with Gasteiger partial charge in [0.25, 0.3) is 0 Å². The highest BCUT2D eigenvalue weighted by Crippen LogP contribution is 2.30. The number of rotatable bonds is 5. The number of hydrogen-bond donors (Lipinski definition) is 3. The molecule has 6 nitrogen and oxygen atoms in total. The quantitative estimate of drug-likeness (QED) is 0.687. The largest absolute Gasteiger partial charge is 0.481 e. The van der Waals surface area contributed by atoms with Crippen LogP contribution in [0.2, 0.25) is 0 Å². The smallest absolute Gasteiger partial charge is 0.313 e. The summed E-state index contributed by atoms with van der Waals surface area (Å²) in [5, 5.41) is 12.1. The van der Waals surface area contributed by atoms with Gasteiger partial charge in [-0.05, 0) is 18.8 Å². The number of amides is 1. The highest BCUT2D eigenvalue weighted by atomic mass is 16.5. The monoisotopic (exact) mass is 286 g/mol. The van der Waals surface area contributed by atoms with E-state index in [1.54, 1.807) is 6.92 Å². The molecule has 0 aromatic carbocycles. The molecule has 1 heterocycles. The number of carboxylic acids is 1. The van der Waals surface area contributed by atoms with Gasteiger partial charge in [0.1, 0.15) is 5.41 Å². The molecule has 1 rings (SSSR count). The molecule has 1 aliphatic heterocycles. The van der Waals surface area contributed by atoms with Crippen LogP contribution in [0.25, 0.3) is 0 Å². The van der Waals surface area contributed by atoms with Gasteiger partial charge in [0.2, 0.25) is 5.91 Å². The summed E-state index contributed by atoms with van der Waals surface area (Å²) in [6.45, 7) is 8.31. The van der Waals surface area contributed by atoms with Gasteiger partial charge in [-0.3, -0.25) is 9.59 Å². The Balaban J connectivity index is 2.71. The summed E-state index contributed by atoms with van der Waals surface area (Å²) in [5.41, 5.74) is 4.59. The molecular formula is C14H26N2O4. The van der Waals surface area contributed by atoms with Gasteiger partial charge < -0.3 is 20.9 Å². The van der Waals surface area contributed by atoms with Crippen LogP contribution in [0.15, 0.2) is 0 Å². The molecule has 3 atom stereocenters. The summed E-state index contributed by atoms with van der Waals surface area (Å²) in [7, 11) is 0. The SMILES string of the molecule is CC(C)(C)CC(CN)C(=O)NC1COCC1(C)C(=O)O. The summed E-state index contributed by atoms with van der Waals surface area (Å²) in [6, 6.07) is -0.512. The summed E-state index contributed by atoms with van der Waals surface area (Å²) in [6.07, 6.45) is 0.659. The Morgan fingerprint density at radius 2 is 2.10 bits per heavy atom. The molecule has 1 amide bonds. The number of carbonyl (C=O) groups is 2. The third-order valence-electron chi connectivity index (χ3n) is 3.77. The third kappa shape index (κ3) is 3.93. The molecule has 6 heteroatoms. The summed E-state index contributed by atoms with van der Waals surface area (Å²) in [5.74, 6) is -1.46. The Morgan fingerprint density at radius 3 is 2.55 bits per heavy atom. The van der Waals surface area contributed by atoms with Crippen LogP contribution >= 0.6 is 0 Å². The predicted octanol–water partition coefficient (Wildman–Crippen LogP) is 0.603. The number of hydrogen-bond acceptors (Lipinski definition) is 4. The highest BCUT2D eigenvalue weighted by molar-refractivity contribution is 5.82. The summed E-state index contributed by atoms with van der Waals surface area (Å²) < 4.78 is 5.22. The minimum Gasteiger partial charge on any atom is -0.481 e. The summed E-state index contributed by atoms with van der Waals surface area (Å²) in [4.78, 5) is 23.6. The molecule has 1 saturated heterocycles. The van der Waals surface area contributed by atoms with Gasteiger partial charge >= 0.3 is 5.97 Å². The van der Waals surface area contributed by atoms with E-state index in [4.69, 9.17) is 10.5 Å². The molecule has 0 saturated carbocycles. The Bertz CT molecular complexity index is 378. The van der Waals surface area contributed by atoms with Crippen LogP contribution in [0.1, 0.15) is 34.1 Å². The van der Waals surface area contributed by atoms with Crippen molar-refractivity contribution < 1.29 is 19.4 Å². The molecule has 1 aliphatic rings. The minimum atomic E-state index is -1.07. The van der Waals surface area contributed by atoms with E-state index in [0.717, 1.165) is 0 Å². The topological polar surface area (TPSA) is 102 Å². The van der Waals surface area contributed by atoms with Crippen molar-refractivity contribution in [3.8, 4) is 0 Å². The van der Waals surface area contributed by atoms with E-state index in [-0.39, 0.29) is 37.0 Å². The van der Waals surface area contributed by atoms with E-state index in [0.29, 0.717) is 6.42 Å². The molecule has 0 spiro atoms. The highest BCUT2D eigenvalue weighted by Gasteiger charge is 2.47. The average molecular weight is 286 g/mol. The number of carbonyl (C=O) groups excluding carboxylic acids is 1. The number of aliphatic carboxylic acids is 1. The fourth-order valence-electron chi connectivity index (χ4n) is 2.40. The molecule has 0 aromatic rings. The molecule has 0 aliphatic carbocycles. The van der Waals surface area contributed by atoms with E-state index in [1.165, 1.54) is 0 Å². The zero-order valence-corrected chi connectivity index (χ0v) is 12.7. The van der Waals surface area contributed by atoms with Gasteiger partial charge in [0.15, 0.2) is 0 Å². The second-order valence-electron chi connectivity index (χ2n) is 7.00. The lowest BCUT2D eigenvalue weighted by molar-refractivity contribution is -0.149. The maximum absolute atomic E-state index is 12.3. The number of nitrogens with two attached hydrogens (primary N) is 1. The van der Waals surface area contributed by atoms with Crippen molar-refractivity contribution in [3.05, 3.63) is 0 Å². The van der Waals surface area contributed by atoms with Crippen LogP contribution in [0, 0.1) is 16.7 Å². The normalized spacial score (nSPS) is 28.1. The second-order valence-corrected chi connectivity index (χ2v) is 7.00. The van der Waals surface area contributed by atoms with Gasteiger partial charge in [-0.1, -0.05) is 20.8 Å². The van der Waals surface area contributed by atoms with Crippen LogP contribution in [0.5, 0.6) is 0 Å². The average Bonchev–Trinajstić information content (AvgIpc) is 2.68. The van der Waals surface area contributed by atoms with Gasteiger partial charge in [-0.25, -0.2) is 0 Å². The predicted molar refractivity (Wildman–Crippen MR) is 75.1 cm³/mol. The number of ether oxygens (including phenoxy) is 1. The zero-order chi connectivity index (χ0) is 15.6. The van der Waals surface area contributed by atoms with E-state index in [2.05, 4.69) is 5.32 Å². The minimum absolute atomic E-state index is 0.0103. The van der Waals surface area contributed by atoms with Gasteiger partial charge in [0.05, 0.1) is 25.2 Å². The number of nitrogens with one attached hydrogen (secondary N) is 1. The van der Waals surface area contributed by atoms with Crippen molar-refractivity contribution in [2.45, 2.75) is 40.2 Å². The molecule has 0 radical (unpaired) electrons. The molecule has 20 heavy (non-hydrogen) atoms. The van der Waals surface area contributed by atoms with Crippen LogP contribution < -0.4 is 11.1 Å². The van der Waals surface area contributed by atoms with Crippen molar-refractivity contribution in [1.29, 1.82) is 0 Å². The molecule has 116 valence electrons. The molecular weight excluding hydrogens is 260 g/mol. The fraction of sp³-hybridized carbons (Fsp3) is 0.857. The van der Waals surface area contributed by atoms with E-state index in [1.807, 2.05) is 20.8 Å². The Morgan fingerprint density at radius 1 is 1.50 bits per heavy atom. The first kappa shape index (κ1) is 16.9. The Hall–Kier alpha value is -1.14. The van der Waals surface area contributed by atoms with Crippen molar-refractivity contribution >= 4 is 11.9 Å². The van der Waals surface area contributed by atoms with Crippen molar-refractivity contribution in [1.82, 2.24) is 5.32 Å². The van der Waals surface area contributed by atoms with Crippen LogP contribution in [-0.4, -0.2) is 42.8 Å². The lowest BCUT2D eigenvalue weighted by Gasteiger charge is -2.29. The first-order valence-corrected chi connectivity index (χ1v) is 6.92. The van der Waals surface area contributed by atoms with Crippen molar-refractivity contribution in [3.63, 3.8) is 0 Å². The molecule has 3 unspecified atom stereocenters. The maximum Gasteiger partial charge on any atom is 0.313 e. The summed E-state index contributed by atoms with van der Waals surface area (Å²) >= 11 is 0. The van der Waals surface area contributed by atoms with Crippen LogP contribution in [-0.2, 0) is 14.3 Å². The van der Waals surface area contributed by atoms with E-state index < -0.39 is 17.4 Å². The van der Waals surface area contributed by atoms with E-state index in [9.17, 15) is 14.7 Å². The van der Waals surface area contributed by atoms with Gasteiger partial charge in [-0.15, -0.1) is 0 Å². The lowest BCUT2D eigenvalue weighted by Crippen LogP contribution is -2.52. The standard InChI is InChI=1S/C14H26N2O4/c1-13(2,3)5-9(6-15)11(17)16-10-7-20-8-14(10,4)12(18)19/h9-10H,5-8,15H2,1-4H3,(H,16,17)(H,18,19). The van der Waals surface area contributed by atoms with Gasteiger partial charge in [0, 0.05) is 6.54 Å².